The number of nitrogens with two attached hydrogens (primary N) is 1. The molecule has 0 spiro atoms. The fraction of sp³-hybridized carbons (Fsp3) is 0.0588. The number of rotatable bonds is 3. The molecule has 0 saturated carbocycles. The van der Waals surface area contributed by atoms with Crippen LogP contribution in [0.5, 0.6) is 0 Å². The third-order valence-electron chi connectivity index (χ3n) is 3.30. The molecule has 2 aromatic carbocycles. The van der Waals surface area contributed by atoms with E-state index in [-0.39, 0.29) is 5.78 Å². The zero-order valence-electron chi connectivity index (χ0n) is 10.9. The van der Waals surface area contributed by atoms with Gasteiger partial charge >= 0.3 is 0 Å². The SMILES string of the molecule is Nc1ccc(C(=O)Cc2cccc3ccccc23)nc1. The molecule has 3 nitrogen and oxygen atoms in total. The molecule has 3 aromatic rings. The van der Waals surface area contributed by atoms with Crippen molar-refractivity contribution in [2.45, 2.75) is 6.42 Å². The molecule has 0 atom stereocenters. The van der Waals surface area contributed by atoms with E-state index in [4.69, 9.17) is 5.73 Å². The average Bonchev–Trinajstić information content (AvgIpc) is 2.48. The van der Waals surface area contributed by atoms with Crippen LogP contribution in [0, 0.1) is 0 Å². The Kier molecular flexibility index (Phi) is 3.17. The van der Waals surface area contributed by atoms with Crippen molar-refractivity contribution in [1.29, 1.82) is 0 Å². The van der Waals surface area contributed by atoms with Gasteiger partial charge in [-0.2, -0.15) is 0 Å². The normalized spacial score (nSPS) is 10.6. The number of carbonyl (C=O) groups excluding carboxylic acids is 1. The maximum Gasteiger partial charge on any atom is 0.185 e. The van der Waals surface area contributed by atoms with Gasteiger partial charge in [0.05, 0.1) is 11.9 Å². The van der Waals surface area contributed by atoms with E-state index < -0.39 is 0 Å². The number of hydrogen-bond acceptors (Lipinski definition) is 3. The highest BCUT2D eigenvalue weighted by Gasteiger charge is 2.10. The number of Topliss-reactive ketones (excluding diaryl/α,β-unsaturated/α-hetero) is 1. The number of aromatic nitrogens is 1. The molecule has 0 radical (unpaired) electrons. The van der Waals surface area contributed by atoms with Crippen molar-refractivity contribution < 1.29 is 4.79 Å². The first-order valence-corrected chi connectivity index (χ1v) is 6.45. The standard InChI is InChI=1S/C17H14N2O/c18-14-8-9-16(19-11-14)17(20)10-13-6-3-5-12-4-1-2-7-15(12)13/h1-9,11H,10,18H2. The fourth-order valence-corrected chi connectivity index (χ4v) is 2.28. The van der Waals surface area contributed by atoms with Crippen LogP contribution in [0.15, 0.2) is 60.8 Å². The zero-order valence-corrected chi connectivity index (χ0v) is 10.9. The number of carbonyl (C=O) groups is 1. The second-order valence-corrected chi connectivity index (χ2v) is 4.71. The summed E-state index contributed by atoms with van der Waals surface area (Å²) in [4.78, 5) is 16.3. The topological polar surface area (TPSA) is 56.0 Å². The third-order valence-corrected chi connectivity index (χ3v) is 3.30. The summed E-state index contributed by atoms with van der Waals surface area (Å²) in [7, 11) is 0. The number of nitrogen functional groups attached to an aromatic ring is 1. The Balaban J connectivity index is 1.93. The maximum atomic E-state index is 12.3. The summed E-state index contributed by atoms with van der Waals surface area (Å²) in [6, 6.07) is 17.4. The van der Waals surface area contributed by atoms with Crippen molar-refractivity contribution in [3.05, 3.63) is 72.1 Å². The smallest absolute Gasteiger partial charge is 0.185 e. The summed E-state index contributed by atoms with van der Waals surface area (Å²) >= 11 is 0. The van der Waals surface area contributed by atoms with E-state index >= 15 is 0 Å². The molecule has 3 rings (SSSR count). The molecule has 0 amide bonds. The van der Waals surface area contributed by atoms with E-state index in [1.54, 1.807) is 12.1 Å². The van der Waals surface area contributed by atoms with E-state index in [9.17, 15) is 4.79 Å². The highest BCUT2D eigenvalue weighted by Crippen LogP contribution is 2.20. The molecule has 1 heterocycles. The van der Waals surface area contributed by atoms with Gasteiger partial charge in [-0.15, -0.1) is 0 Å². The first-order valence-electron chi connectivity index (χ1n) is 6.45. The first-order chi connectivity index (χ1) is 9.74. The van der Waals surface area contributed by atoms with Gasteiger partial charge < -0.3 is 5.73 Å². The molecule has 0 aliphatic rings. The van der Waals surface area contributed by atoms with E-state index in [1.807, 2.05) is 42.5 Å². The van der Waals surface area contributed by atoms with E-state index in [2.05, 4.69) is 4.98 Å². The number of hydrogen-bond donors (Lipinski definition) is 1. The van der Waals surface area contributed by atoms with Crippen molar-refractivity contribution >= 4 is 22.2 Å². The van der Waals surface area contributed by atoms with Crippen molar-refractivity contribution in [1.82, 2.24) is 4.98 Å². The van der Waals surface area contributed by atoms with Crippen molar-refractivity contribution in [3.8, 4) is 0 Å². The Hall–Kier alpha value is -2.68. The quantitative estimate of drug-likeness (QED) is 0.737. The van der Waals surface area contributed by atoms with Crippen LogP contribution in [0.2, 0.25) is 0 Å². The van der Waals surface area contributed by atoms with E-state index in [1.165, 1.54) is 6.20 Å². The van der Waals surface area contributed by atoms with Gasteiger partial charge in [0, 0.05) is 6.42 Å². The molecule has 3 heteroatoms. The zero-order chi connectivity index (χ0) is 13.9. The van der Waals surface area contributed by atoms with Gasteiger partial charge in [-0.3, -0.25) is 9.78 Å². The van der Waals surface area contributed by atoms with Crippen LogP contribution in [0.1, 0.15) is 16.1 Å². The van der Waals surface area contributed by atoms with E-state index in [0.717, 1.165) is 16.3 Å². The number of anilines is 1. The minimum atomic E-state index is 0.00125. The molecule has 0 aliphatic heterocycles. The lowest BCUT2D eigenvalue weighted by Crippen LogP contribution is -2.06. The lowest BCUT2D eigenvalue weighted by Gasteiger charge is -2.06. The molecular weight excluding hydrogens is 248 g/mol. The minimum absolute atomic E-state index is 0.00125. The van der Waals surface area contributed by atoms with E-state index in [0.29, 0.717) is 17.8 Å². The molecule has 0 fully saturated rings. The van der Waals surface area contributed by atoms with Crippen LogP contribution in [-0.2, 0) is 6.42 Å². The van der Waals surface area contributed by atoms with Gasteiger partial charge in [-0.1, -0.05) is 42.5 Å². The monoisotopic (exact) mass is 262 g/mol. The maximum absolute atomic E-state index is 12.3. The average molecular weight is 262 g/mol. The third kappa shape index (κ3) is 2.38. The molecule has 0 bridgehead atoms. The predicted molar refractivity (Wildman–Crippen MR) is 80.6 cm³/mol. The van der Waals surface area contributed by atoms with Crippen molar-refractivity contribution in [2.24, 2.45) is 0 Å². The van der Waals surface area contributed by atoms with Gasteiger partial charge in [0.25, 0.3) is 0 Å². The van der Waals surface area contributed by atoms with Crippen LogP contribution >= 0.6 is 0 Å². The van der Waals surface area contributed by atoms with Crippen LogP contribution in [0.3, 0.4) is 0 Å². The molecule has 0 unspecified atom stereocenters. The minimum Gasteiger partial charge on any atom is -0.397 e. The van der Waals surface area contributed by atoms with Gasteiger partial charge in [-0.05, 0) is 28.5 Å². The summed E-state index contributed by atoms with van der Waals surface area (Å²) in [6.07, 6.45) is 1.86. The number of fused-ring (bicyclic) bond motifs is 1. The molecular formula is C17H14N2O. The summed E-state index contributed by atoms with van der Waals surface area (Å²) in [6.45, 7) is 0. The van der Waals surface area contributed by atoms with Gasteiger partial charge in [0.15, 0.2) is 5.78 Å². The lowest BCUT2D eigenvalue weighted by atomic mass is 9.99. The molecule has 0 aliphatic carbocycles. The summed E-state index contributed by atoms with van der Waals surface area (Å²) in [5.74, 6) is 0.00125. The Morgan fingerprint density at radius 2 is 1.80 bits per heavy atom. The predicted octanol–water partition coefficient (Wildman–Crippen LogP) is 3.24. The molecule has 0 saturated heterocycles. The van der Waals surface area contributed by atoms with Gasteiger partial charge in [-0.25, -0.2) is 0 Å². The molecule has 2 N–H and O–H groups in total. The Labute approximate surface area is 117 Å². The molecule has 1 aromatic heterocycles. The Morgan fingerprint density at radius 1 is 1.00 bits per heavy atom. The highest BCUT2D eigenvalue weighted by atomic mass is 16.1. The van der Waals surface area contributed by atoms with Crippen LogP contribution in [0.25, 0.3) is 10.8 Å². The molecule has 98 valence electrons. The number of benzene rings is 2. The Morgan fingerprint density at radius 3 is 2.60 bits per heavy atom. The molecule has 20 heavy (non-hydrogen) atoms. The second kappa shape index (κ2) is 5.13. The number of nitrogens with zero attached hydrogens (tertiary/aromatic N) is 1. The summed E-state index contributed by atoms with van der Waals surface area (Å²) in [5.41, 5.74) is 7.61. The summed E-state index contributed by atoms with van der Waals surface area (Å²) in [5, 5.41) is 2.25. The summed E-state index contributed by atoms with van der Waals surface area (Å²) < 4.78 is 0. The second-order valence-electron chi connectivity index (χ2n) is 4.71. The number of ketones is 1. The van der Waals surface area contributed by atoms with Crippen molar-refractivity contribution in [2.75, 3.05) is 5.73 Å². The highest BCUT2D eigenvalue weighted by molar-refractivity contribution is 5.98. The first kappa shape index (κ1) is 12.4. The lowest BCUT2D eigenvalue weighted by molar-refractivity contribution is 0.0988. The van der Waals surface area contributed by atoms with Gasteiger partial charge in [0.1, 0.15) is 5.69 Å². The van der Waals surface area contributed by atoms with Crippen molar-refractivity contribution in [3.63, 3.8) is 0 Å². The van der Waals surface area contributed by atoms with Crippen LogP contribution < -0.4 is 5.73 Å². The number of pyridine rings is 1. The fourth-order valence-electron chi connectivity index (χ4n) is 2.28. The van der Waals surface area contributed by atoms with Crippen LogP contribution in [0.4, 0.5) is 5.69 Å². The van der Waals surface area contributed by atoms with Gasteiger partial charge in [0.2, 0.25) is 0 Å². The Bertz CT molecular complexity index is 758. The largest absolute Gasteiger partial charge is 0.397 e. The van der Waals surface area contributed by atoms with Crippen LogP contribution in [-0.4, -0.2) is 10.8 Å².